The number of rotatable bonds is 6. The molecule has 0 aromatic heterocycles. The lowest BCUT2D eigenvalue weighted by atomic mass is 10.2. The summed E-state index contributed by atoms with van der Waals surface area (Å²) in [5, 5.41) is 5.03. The third-order valence-corrected chi connectivity index (χ3v) is 7.64. The fraction of sp³-hybridized carbons (Fsp3) is 0.100. The van der Waals surface area contributed by atoms with Gasteiger partial charge in [-0.05, 0) is 74.0 Å². The van der Waals surface area contributed by atoms with Gasteiger partial charge in [-0.25, -0.2) is 22.0 Å². The Morgan fingerprint density at radius 3 is 1.93 bits per heavy atom. The number of hydrogen-bond acceptors (Lipinski definition) is 5. The maximum atomic E-state index is 12.5. The van der Waals surface area contributed by atoms with Crippen molar-refractivity contribution < 1.29 is 16.8 Å². The van der Waals surface area contributed by atoms with Crippen LogP contribution in [-0.4, -0.2) is 16.8 Å². The maximum absolute atomic E-state index is 12.5. The molecule has 3 aromatic carbocycles. The van der Waals surface area contributed by atoms with Crippen LogP contribution in [0.25, 0.3) is 0 Å². The molecule has 0 heterocycles. The summed E-state index contributed by atoms with van der Waals surface area (Å²) in [5.74, 6) is 0. The van der Waals surface area contributed by atoms with Gasteiger partial charge in [0.15, 0.2) is 0 Å². The van der Waals surface area contributed by atoms with Gasteiger partial charge in [-0.2, -0.15) is 0 Å². The fourth-order valence-electron chi connectivity index (χ4n) is 2.65. The molecule has 0 spiro atoms. The van der Waals surface area contributed by atoms with E-state index in [1.807, 2.05) is 19.1 Å². The van der Waals surface area contributed by atoms with E-state index in [1.54, 1.807) is 23.9 Å². The van der Waals surface area contributed by atoms with E-state index < -0.39 is 20.0 Å². The lowest BCUT2D eigenvalue weighted by Gasteiger charge is -2.10. The molecule has 0 saturated carbocycles. The topological polar surface area (TPSA) is 106 Å². The van der Waals surface area contributed by atoms with Gasteiger partial charge < -0.3 is 0 Å². The first-order valence-corrected chi connectivity index (χ1v) is 12.4. The first-order valence-electron chi connectivity index (χ1n) is 8.55. The molecule has 9 heteroatoms. The van der Waals surface area contributed by atoms with Gasteiger partial charge in [0.2, 0.25) is 10.0 Å². The van der Waals surface area contributed by atoms with Crippen molar-refractivity contribution in [3.05, 3.63) is 77.9 Å². The van der Waals surface area contributed by atoms with Gasteiger partial charge in [-0.3, -0.25) is 4.72 Å². The largest absolute Gasteiger partial charge is 0.280 e. The Labute approximate surface area is 175 Å². The van der Waals surface area contributed by atoms with Crippen LogP contribution in [-0.2, 0) is 20.0 Å². The highest BCUT2D eigenvalue weighted by molar-refractivity contribution is 7.99. The molecule has 3 aromatic rings. The zero-order chi connectivity index (χ0) is 21.2. The van der Waals surface area contributed by atoms with E-state index in [9.17, 15) is 16.8 Å². The van der Waals surface area contributed by atoms with Gasteiger partial charge in [-0.1, -0.05) is 29.5 Å². The summed E-state index contributed by atoms with van der Waals surface area (Å²) < 4.78 is 50.1. The Morgan fingerprint density at radius 1 is 0.793 bits per heavy atom. The van der Waals surface area contributed by atoms with Crippen LogP contribution in [0.15, 0.2) is 86.3 Å². The highest BCUT2D eigenvalue weighted by atomic mass is 32.2. The summed E-state index contributed by atoms with van der Waals surface area (Å²) in [6.45, 7) is 4.10. The smallest absolute Gasteiger partial charge is 0.261 e. The monoisotopic (exact) mass is 448 g/mol. The zero-order valence-electron chi connectivity index (χ0n) is 15.8. The summed E-state index contributed by atoms with van der Waals surface area (Å²) >= 11 is 1.60. The van der Waals surface area contributed by atoms with Gasteiger partial charge >= 0.3 is 0 Å². The molecule has 0 fully saturated rings. The van der Waals surface area contributed by atoms with Crippen molar-refractivity contribution in [2.24, 2.45) is 5.14 Å². The van der Waals surface area contributed by atoms with Crippen molar-refractivity contribution in [3.8, 4) is 0 Å². The van der Waals surface area contributed by atoms with Crippen LogP contribution < -0.4 is 9.86 Å². The Hall–Kier alpha value is -2.33. The second kappa shape index (κ2) is 8.19. The van der Waals surface area contributed by atoms with E-state index in [4.69, 9.17) is 5.14 Å². The number of hydrogen-bond donors (Lipinski definition) is 2. The predicted molar refractivity (Wildman–Crippen MR) is 115 cm³/mol. The Morgan fingerprint density at radius 2 is 1.38 bits per heavy atom. The summed E-state index contributed by atoms with van der Waals surface area (Å²) in [6.07, 6.45) is 0. The average Bonchev–Trinajstić information content (AvgIpc) is 2.65. The minimum absolute atomic E-state index is 0.0568. The van der Waals surface area contributed by atoms with Crippen molar-refractivity contribution in [2.75, 3.05) is 4.72 Å². The SMILES string of the molecule is Cc1ccc(Sc2ccc(NS(=O)(=O)c3ccc(S(N)(=O)=O)cc3)cc2)c(C)c1. The third kappa shape index (κ3) is 5.39. The van der Waals surface area contributed by atoms with Gasteiger partial charge in [0.25, 0.3) is 10.0 Å². The summed E-state index contributed by atoms with van der Waals surface area (Å²) in [5.41, 5.74) is 2.79. The van der Waals surface area contributed by atoms with Crippen LogP contribution in [0.3, 0.4) is 0 Å². The molecule has 152 valence electrons. The van der Waals surface area contributed by atoms with E-state index in [-0.39, 0.29) is 9.79 Å². The normalized spacial score (nSPS) is 12.0. The lowest BCUT2D eigenvalue weighted by molar-refractivity contribution is 0.595. The molecule has 3 N–H and O–H groups in total. The molecule has 0 aliphatic carbocycles. The first-order chi connectivity index (χ1) is 13.5. The third-order valence-electron chi connectivity index (χ3n) is 4.13. The number of sulfonamides is 2. The molecule has 0 saturated heterocycles. The average molecular weight is 449 g/mol. The van der Waals surface area contributed by atoms with Crippen molar-refractivity contribution in [1.82, 2.24) is 0 Å². The van der Waals surface area contributed by atoms with E-state index in [1.165, 1.54) is 23.3 Å². The van der Waals surface area contributed by atoms with Crippen LogP contribution in [0.5, 0.6) is 0 Å². The van der Waals surface area contributed by atoms with Gasteiger partial charge in [0.05, 0.1) is 9.79 Å². The molecular weight excluding hydrogens is 428 g/mol. The van der Waals surface area contributed by atoms with Crippen LogP contribution in [0.2, 0.25) is 0 Å². The number of nitrogens with two attached hydrogens (primary N) is 1. The van der Waals surface area contributed by atoms with Crippen molar-refractivity contribution >= 4 is 37.5 Å². The van der Waals surface area contributed by atoms with E-state index >= 15 is 0 Å². The van der Waals surface area contributed by atoms with E-state index in [2.05, 4.69) is 29.8 Å². The molecule has 0 aliphatic rings. The van der Waals surface area contributed by atoms with Crippen molar-refractivity contribution in [1.29, 1.82) is 0 Å². The number of aryl methyl sites for hydroxylation is 2. The lowest BCUT2D eigenvalue weighted by Crippen LogP contribution is -2.15. The molecule has 6 nitrogen and oxygen atoms in total. The molecule has 0 bridgehead atoms. The van der Waals surface area contributed by atoms with Crippen LogP contribution in [0, 0.1) is 13.8 Å². The van der Waals surface area contributed by atoms with Gasteiger partial charge in [-0.15, -0.1) is 0 Å². The number of benzene rings is 3. The summed E-state index contributed by atoms with van der Waals surface area (Å²) in [6, 6.07) is 18.0. The first kappa shape index (κ1) is 21.4. The Kier molecular flexibility index (Phi) is 6.04. The van der Waals surface area contributed by atoms with Crippen molar-refractivity contribution in [3.63, 3.8) is 0 Å². The molecular formula is C20H20N2O4S3. The summed E-state index contributed by atoms with van der Waals surface area (Å²) in [7, 11) is -7.73. The number of nitrogens with one attached hydrogen (secondary N) is 1. The van der Waals surface area contributed by atoms with E-state index in [0.29, 0.717) is 5.69 Å². The summed E-state index contributed by atoms with van der Waals surface area (Å²) in [4.78, 5) is 1.92. The Balaban J connectivity index is 1.74. The highest BCUT2D eigenvalue weighted by Gasteiger charge is 2.16. The van der Waals surface area contributed by atoms with Crippen molar-refractivity contribution in [2.45, 2.75) is 33.4 Å². The van der Waals surface area contributed by atoms with Gasteiger partial charge in [0, 0.05) is 15.5 Å². The van der Waals surface area contributed by atoms with Crippen LogP contribution >= 0.6 is 11.8 Å². The molecule has 0 radical (unpaired) electrons. The molecule has 0 atom stereocenters. The fourth-order valence-corrected chi connectivity index (χ4v) is 5.11. The standard InChI is InChI=1S/C20H20N2O4S3/c1-14-3-12-20(15(2)13-14)27-17-6-4-16(5-7-17)22-29(25,26)19-10-8-18(9-11-19)28(21,23)24/h3-13,22H,1-2H3,(H2,21,23,24). The predicted octanol–water partition coefficient (Wildman–Crippen LogP) is 3.90. The molecule has 0 unspecified atom stereocenters. The minimum atomic E-state index is -3.88. The Bertz CT molecular complexity index is 1240. The minimum Gasteiger partial charge on any atom is -0.280 e. The second-order valence-corrected chi connectivity index (χ2v) is 10.9. The maximum Gasteiger partial charge on any atom is 0.261 e. The quantitative estimate of drug-likeness (QED) is 0.595. The molecule has 29 heavy (non-hydrogen) atoms. The zero-order valence-corrected chi connectivity index (χ0v) is 18.2. The number of anilines is 1. The highest BCUT2D eigenvalue weighted by Crippen LogP contribution is 2.31. The second-order valence-electron chi connectivity index (χ2n) is 6.52. The van der Waals surface area contributed by atoms with Gasteiger partial charge in [0.1, 0.15) is 0 Å². The molecule has 0 aliphatic heterocycles. The van der Waals surface area contributed by atoms with Crippen LogP contribution in [0.4, 0.5) is 5.69 Å². The molecule has 3 rings (SSSR count). The van der Waals surface area contributed by atoms with Crippen LogP contribution in [0.1, 0.15) is 11.1 Å². The van der Waals surface area contributed by atoms with E-state index in [0.717, 1.165) is 21.9 Å². The number of primary sulfonamides is 1. The molecule has 0 amide bonds.